The number of benzene rings is 2. The average molecular weight is 261 g/mol. The molecule has 0 amide bonds. The summed E-state index contributed by atoms with van der Waals surface area (Å²) in [5.74, 6) is -0.501. The van der Waals surface area contributed by atoms with E-state index in [-0.39, 0.29) is 5.75 Å². The van der Waals surface area contributed by atoms with Crippen LogP contribution in [-0.4, -0.2) is 13.1 Å². The molecule has 2 rings (SSSR count). The van der Waals surface area contributed by atoms with Gasteiger partial charge in [0.25, 0.3) is 0 Å². The number of esters is 1. The van der Waals surface area contributed by atoms with Gasteiger partial charge in [0.15, 0.2) is 11.6 Å². The molecule has 2 N–H and O–H groups in total. The summed E-state index contributed by atoms with van der Waals surface area (Å²) in [7, 11) is 1.30. The van der Waals surface area contributed by atoms with E-state index in [0.717, 1.165) is 0 Å². The fourth-order valence-corrected chi connectivity index (χ4v) is 1.50. The second-order valence-electron chi connectivity index (χ2n) is 3.81. The van der Waals surface area contributed by atoms with Crippen LogP contribution in [0.15, 0.2) is 42.5 Å². The van der Waals surface area contributed by atoms with Crippen LogP contribution < -0.4 is 10.5 Å². The number of rotatable bonds is 3. The molecule has 0 bridgehead atoms. The Morgan fingerprint density at radius 1 is 1.16 bits per heavy atom. The number of nitrogens with two attached hydrogens (primary N) is 1. The van der Waals surface area contributed by atoms with Crippen molar-refractivity contribution in [1.82, 2.24) is 0 Å². The van der Waals surface area contributed by atoms with Gasteiger partial charge in [0, 0.05) is 11.8 Å². The highest BCUT2D eigenvalue weighted by Crippen LogP contribution is 2.26. The molecule has 98 valence electrons. The number of carbonyl (C=O) groups is 1. The molecule has 2 aromatic rings. The van der Waals surface area contributed by atoms with Crippen molar-refractivity contribution in [2.45, 2.75) is 0 Å². The molecule has 0 atom stereocenters. The molecule has 19 heavy (non-hydrogen) atoms. The van der Waals surface area contributed by atoms with Crippen molar-refractivity contribution in [1.29, 1.82) is 0 Å². The number of hydrogen-bond acceptors (Lipinski definition) is 4. The third-order valence-electron chi connectivity index (χ3n) is 2.46. The van der Waals surface area contributed by atoms with E-state index in [2.05, 4.69) is 4.74 Å². The molecule has 5 heteroatoms. The number of methoxy groups -OCH3 is 1. The topological polar surface area (TPSA) is 61.5 Å². The van der Waals surface area contributed by atoms with Crippen molar-refractivity contribution in [3.05, 3.63) is 53.8 Å². The van der Waals surface area contributed by atoms with Gasteiger partial charge in [0.1, 0.15) is 5.75 Å². The predicted molar refractivity (Wildman–Crippen MR) is 68.7 cm³/mol. The zero-order valence-corrected chi connectivity index (χ0v) is 10.2. The lowest BCUT2D eigenvalue weighted by molar-refractivity contribution is 0.0600. The minimum Gasteiger partial charge on any atom is -0.465 e. The van der Waals surface area contributed by atoms with E-state index in [1.165, 1.54) is 31.4 Å². The monoisotopic (exact) mass is 261 g/mol. The largest absolute Gasteiger partial charge is 0.465 e. The van der Waals surface area contributed by atoms with E-state index in [9.17, 15) is 9.18 Å². The highest BCUT2D eigenvalue weighted by molar-refractivity contribution is 5.89. The summed E-state index contributed by atoms with van der Waals surface area (Å²) in [5.41, 5.74) is 6.16. The van der Waals surface area contributed by atoms with Crippen LogP contribution in [0.3, 0.4) is 0 Å². The molecule has 0 saturated heterocycles. The minimum atomic E-state index is -0.544. The second-order valence-corrected chi connectivity index (χ2v) is 3.81. The number of hydrogen-bond donors (Lipinski definition) is 1. The first-order valence-corrected chi connectivity index (χ1v) is 5.51. The van der Waals surface area contributed by atoms with E-state index in [0.29, 0.717) is 17.0 Å². The molecule has 0 aliphatic carbocycles. The van der Waals surface area contributed by atoms with Crippen LogP contribution >= 0.6 is 0 Å². The lowest BCUT2D eigenvalue weighted by Crippen LogP contribution is -2.00. The van der Waals surface area contributed by atoms with Gasteiger partial charge in [-0.05, 0) is 36.4 Å². The Morgan fingerprint density at radius 3 is 2.42 bits per heavy atom. The molecule has 0 radical (unpaired) electrons. The summed E-state index contributed by atoms with van der Waals surface area (Å²) < 4.78 is 23.4. The molecule has 2 aromatic carbocycles. The van der Waals surface area contributed by atoms with E-state index >= 15 is 0 Å². The van der Waals surface area contributed by atoms with Crippen molar-refractivity contribution >= 4 is 11.7 Å². The summed E-state index contributed by atoms with van der Waals surface area (Å²) in [4.78, 5) is 11.2. The molecular formula is C14H12FNO3. The van der Waals surface area contributed by atoms with E-state index in [1.807, 2.05) is 0 Å². The first-order chi connectivity index (χ1) is 9.10. The van der Waals surface area contributed by atoms with Crippen LogP contribution in [0.4, 0.5) is 10.1 Å². The number of ether oxygens (including phenoxy) is 2. The normalized spacial score (nSPS) is 10.0. The molecule has 0 fully saturated rings. The SMILES string of the molecule is COC(=O)c1ccc(Oc2ccc(N)cc2F)cc1. The Labute approximate surface area is 109 Å². The molecule has 0 aliphatic rings. The van der Waals surface area contributed by atoms with Crippen molar-refractivity contribution in [2.24, 2.45) is 0 Å². The molecule has 0 spiro atoms. The number of carbonyl (C=O) groups excluding carboxylic acids is 1. The van der Waals surface area contributed by atoms with Gasteiger partial charge in [0.2, 0.25) is 0 Å². The average Bonchev–Trinajstić information content (AvgIpc) is 2.42. The maximum Gasteiger partial charge on any atom is 0.337 e. The summed E-state index contributed by atoms with van der Waals surface area (Å²) in [5, 5.41) is 0. The Bertz CT molecular complexity index is 596. The van der Waals surface area contributed by atoms with Gasteiger partial charge in [0.05, 0.1) is 12.7 Å². The van der Waals surface area contributed by atoms with E-state index in [1.54, 1.807) is 18.2 Å². The van der Waals surface area contributed by atoms with Crippen LogP contribution in [0.1, 0.15) is 10.4 Å². The summed E-state index contributed by atoms with van der Waals surface area (Å²) >= 11 is 0. The maximum absolute atomic E-state index is 13.5. The van der Waals surface area contributed by atoms with Gasteiger partial charge in [-0.25, -0.2) is 9.18 Å². The quantitative estimate of drug-likeness (QED) is 0.681. The molecular weight excluding hydrogens is 249 g/mol. The Balaban J connectivity index is 2.17. The number of anilines is 1. The van der Waals surface area contributed by atoms with Gasteiger partial charge in [-0.15, -0.1) is 0 Å². The van der Waals surface area contributed by atoms with E-state index in [4.69, 9.17) is 10.5 Å². The van der Waals surface area contributed by atoms with Crippen molar-refractivity contribution in [3.63, 3.8) is 0 Å². The van der Waals surface area contributed by atoms with Gasteiger partial charge in [-0.2, -0.15) is 0 Å². The van der Waals surface area contributed by atoms with Crippen LogP contribution in [0.5, 0.6) is 11.5 Å². The highest BCUT2D eigenvalue weighted by atomic mass is 19.1. The van der Waals surface area contributed by atoms with Gasteiger partial charge < -0.3 is 15.2 Å². The molecule has 0 aromatic heterocycles. The summed E-state index contributed by atoms with van der Waals surface area (Å²) in [6.45, 7) is 0. The van der Waals surface area contributed by atoms with Gasteiger partial charge in [-0.1, -0.05) is 0 Å². The molecule has 0 unspecified atom stereocenters. The molecule has 0 aliphatic heterocycles. The van der Waals surface area contributed by atoms with Crippen molar-refractivity contribution in [2.75, 3.05) is 12.8 Å². The van der Waals surface area contributed by atoms with Crippen LogP contribution in [-0.2, 0) is 4.74 Å². The van der Waals surface area contributed by atoms with Crippen LogP contribution in [0.2, 0.25) is 0 Å². The third-order valence-corrected chi connectivity index (χ3v) is 2.46. The minimum absolute atomic E-state index is 0.0695. The Morgan fingerprint density at radius 2 is 1.84 bits per heavy atom. The van der Waals surface area contributed by atoms with Crippen LogP contribution in [0.25, 0.3) is 0 Å². The number of nitrogen functional groups attached to an aromatic ring is 1. The van der Waals surface area contributed by atoms with Crippen LogP contribution in [0, 0.1) is 5.82 Å². The second kappa shape index (κ2) is 5.39. The zero-order chi connectivity index (χ0) is 13.8. The van der Waals surface area contributed by atoms with Crippen molar-refractivity contribution < 1.29 is 18.7 Å². The van der Waals surface area contributed by atoms with Gasteiger partial charge in [-0.3, -0.25) is 0 Å². The van der Waals surface area contributed by atoms with Gasteiger partial charge >= 0.3 is 5.97 Å². The third kappa shape index (κ3) is 3.01. The first-order valence-electron chi connectivity index (χ1n) is 5.51. The first kappa shape index (κ1) is 12.9. The number of halogens is 1. The molecule has 0 heterocycles. The predicted octanol–water partition coefficient (Wildman–Crippen LogP) is 2.99. The summed E-state index contributed by atoms with van der Waals surface area (Å²) in [6.07, 6.45) is 0. The fourth-order valence-electron chi connectivity index (χ4n) is 1.50. The zero-order valence-electron chi connectivity index (χ0n) is 10.2. The lowest BCUT2D eigenvalue weighted by atomic mass is 10.2. The summed E-state index contributed by atoms with van der Waals surface area (Å²) in [6, 6.07) is 10.4. The fraction of sp³-hybridized carbons (Fsp3) is 0.0714. The molecule has 4 nitrogen and oxygen atoms in total. The highest BCUT2D eigenvalue weighted by Gasteiger charge is 2.07. The Hall–Kier alpha value is -2.56. The standard InChI is InChI=1S/C14H12FNO3/c1-18-14(17)9-2-5-11(6-3-9)19-13-7-4-10(16)8-12(13)15/h2-8H,16H2,1H3. The molecule has 0 saturated carbocycles. The maximum atomic E-state index is 13.5. The Kier molecular flexibility index (Phi) is 3.66. The van der Waals surface area contributed by atoms with E-state index < -0.39 is 11.8 Å². The smallest absolute Gasteiger partial charge is 0.337 e. The lowest BCUT2D eigenvalue weighted by Gasteiger charge is -2.07. The van der Waals surface area contributed by atoms with Crippen molar-refractivity contribution in [3.8, 4) is 11.5 Å².